The third-order valence-corrected chi connectivity index (χ3v) is 4.29. The first kappa shape index (κ1) is 17.2. The number of para-hydroxylation sites is 1. The van der Waals surface area contributed by atoms with Crippen molar-refractivity contribution in [2.24, 2.45) is 0 Å². The third kappa shape index (κ3) is 3.88. The van der Waals surface area contributed by atoms with Gasteiger partial charge in [0.2, 0.25) is 0 Å². The summed E-state index contributed by atoms with van der Waals surface area (Å²) in [5.74, 6) is 0.738. The lowest BCUT2D eigenvalue weighted by Crippen LogP contribution is -2.41. The van der Waals surface area contributed by atoms with Crippen LogP contribution in [0.1, 0.15) is 28.3 Å². The van der Waals surface area contributed by atoms with Crippen LogP contribution in [0.4, 0.5) is 0 Å². The molecule has 1 aliphatic rings. The largest absolute Gasteiger partial charge is 0.490 e. The van der Waals surface area contributed by atoms with E-state index in [0.717, 1.165) is 5.56 Å². The Morgan fingerprint density at radius 3 is 2.88 bits per heavy atom. The van der Waals surface area contributed by atoms with Gasteiger partial charge in [-0.25, -0.2) is 4.98 Å². The molecule has 7 heteroatoms. The fraction of sp³-hybridized carbons (Fsp3) is 0.389. The molecule has 0 radical (unpaired) electrons. The SMILES string of the molecule is Cc1nc(C(=O)N2CC[C@](O)(COc3ccccc3C)C2)cc(=O)[nH]1. The summed E-state index contributed by atoms with van der Waals surface area (Å²) in [6.07, 6.45) is 0.410. The highest BCUT2D eigenvalue weighted by molar-refractivity contribution is 5.92. The average Bonchev–Trinajstić information content (AvgIpc) is 2.95. The molecular weight excluding hydrogens is 322 g/mol. The quantitative estimate of drug-likeness (QED) is 0.865. The summed E-state index contributed by atoms with van der Waals surface area (Å²) in [5, 5.41) is 10.7. The summed E-state index contributed by atoms with van der Waals surface area (Å²) < 4.78 is 5.74. The summed E-state index contributed by atoms with van der Waals surface area (Å²) in [7, 11) is 0. The zero-order valence-electron chi connectivity index (χ0n) is 14.3. The molecule has 0 aliphatic carbocycles. The number of ether oxygens (including phenoxy) is 1. The monoisotopic (exact) mass is 343 g/mol. The molecule has 0 saturated carbocycles. The van der Waals surface area contributed by atoms with Crippen LogP contribution < -0.4 is 10.3 Å². The van der Waals surface area contributed by atoms with Crippen LogP contribution in [0.25, 0.3) is 0 Å². The van der Waals surface area contributed by atoms with E-state index in [1.807, 2.05) is 31.2 Å². The Kier molecular flexibility index (Phi) is 4.59. The van der Waals surface area contributed by atoms with E-state index >= 15 is 0 Å². The Balaban J connectivity index is 1.66. The lowest BCUT2D eigenvalue weighted by atomic mass is 10.1. The van der Waals surface area contributed by atoms with Crippen molar-refractivity contribution >= 4 is 5.91 Å². The number of nitrogens with zero attached hydrogens (tertiary/aromatic N) is 2. The van der Waals surface area contributed by atoms with E-state index in [1.54, 1.807) is 6.92 Å². The van der Waals surface area contributed by atoms with E-state index in [-0.39, 0.29) is 30.3 Å². The van der Waals surface area contributed by atoms with Gasteiger partial charge >= 0.3 is 0 Å². The molecule has 1 aliphatic heterocycles. The summed E-state index contributed by atoms with van der Waals surface area (Å²) >= 11 is 0. The number of aromatic amines is 1. The van der Waals surface area contributed by atoms with E-state index in [4.69, 9.17) is 4.74 Å². The zero-order valence-corrected chi connectivity index (χ0v) is 14.3. The number of nitrogens with one attached hydrogen (secondary N) is 1. The van der Waals surface area contributed by atoms with Crippen LogP contribution in [-0.4, -0.2) is 51.2 Å². The smallest absolute Gasteiger partial charge is 0.272 e. The number of rotatable bonds is 4. The Labute approximate surface area is 145 Å². The molecule has 1 aromatic carbocycles. The second kappa shape index (κ2) is 6.68. The third-order valence-electron chi connectivity index (χ3n) is 4.29. The number of aliphatic hydroxyl groups is 1. The van der Waals surface area contributed by atoms with Crippen LogP contribution in [0, 0.1) is 13.8 Å². The molecule has 0 spiro atoms. The van der Waals surface area contributed by atoms with Crippen molar-refractivity contribution in [2.45, 2.75) is 25.9 Å². The molecule has 0 bridgehead atoms. The predicted molar refractivity (Wildman–Crippen MR) is 91.7 cm³/mol. The minimum Gasteiger partial charge on any atom is -0.490 e. The van der Waals surface area contributed by atoms with Gasteiger partial charge in [-0.05, 0) is 31.9 Å². The summed E-state index contributed by atoms with van der Waals surface area (Å²) in [5.41, 5.74) is -0.410. The first-order valence-corrected chi connectivity index (χ1v) is 8.14. The number of carbonyl (C=O) groups excluding carboxylic acids is 1. The molecule has 1 amide bonds. The Morgan fingerprint density at radius 1 is 1.40 bits per heavy atom. The van der Waals surface area contributed by atoms with E-state index in [2.05, 4.69) is 9.97 Å². The van der Waals surface area contributed by atoms with Gasteiger partial charge in [-0.2, -0.15) is 0 Å². The van der Waals surface area contributed by atoms with Crippen molar-refractivity contribution in [1.82, 2.24) is 14.9 Å². The van der Waals surface area contributed by atoms with Crippen molar-refractivity contribution in [1.29, 1.82) is 0 Å². The van der Waals surface area contributed by atoms with Gasteiger partial charge in [0.05, 0.1) is 6.54 Å². The number of likely N-dealkylation sites (tertiary alicyclic amines) is 1. The lowest BCUT2D eigenvalue weighted by Gasteiger charge is -2.24. The fourth-order valence-corrected chi connectivity index (χ4v) is 2.93. The first-order chi connectivity index (χ1) is 11.9. The maximum absolute atomic E-state index is 12.5. The Hall–Kier alpha value is -2.67. The lowest BCUT2D eigenvalue weighted by molar-refractivity contribution is 0.00407. The highest BCUT2D eigenvalue weighted by Crippen LogP contribution is 2.25. The molecule has 2 heterocycles. The molecule has 2 N–H and O–H groups in total. The molecule has 1 aromatic heterocycles. The number of amides is 1. The van der Waals surface area contributed by atoms with Crippen molar-refractivity contribution in [2.75, 3.05) is 19.7 Å². The first-order valence-electron chi connectivity index (χ1n) is 8.14. The molecule has 132 valence electrons. The molecule has 0 unspecified atom stereocenters. The molecular formula is C18H21N3O4. The molecule has 1 atom stereocenters. The van der Waals surface area contributed by atoms with Crippen LogP contribution >= 0.6 is 0 Å². The number of carbonyl (C=O) groups is 1. The van der Waals surface area contributed by atoms with Crippen LogP contribution in [-0.2, 0) is 0 Å². The highest BCUT2D eigenvalue weighted by atomic mass is 16.5. The van der Waals surface area contributed by atoms with E-state index < -0.39 is 5.60 Å². The maximum Gasteiger partial charge on any atom is 0.272 e. The average molecular weight is 343 g/mol. The highest BCUT2D eigenvalue weighted by Gasteiger charge is 2.39. The van der Waals surface area contributed by atoms with Gasteiger partial charge in [-0.15, -0.1) is 0 Å². The Bertz CT molecular complexity index is 848. The second-order valence-electron chi connectivity index (χ2n) is 6.47. The minimum atomic E-state index is -1.12. The maximum atomic E-state index is 12.5. The van der Waals surface area contributed by atoms with E-state index in [9.17, 15) is 14.7 Å². The second-order valence-corrected chi connectivity index (χ2v) is 6.47. The van der Waals surface area contributed by atoms with Crippen molar-refractivity contribution in [3.8, 4) is 5.75 Å². The van der Waals surface area contributed by atoms with Crippen molar-refractivity contribution < 1.29 is 14.6 Å². The van der Waals surface area contributed by atoms with Gasteiger partial charge in [0.1, 0.15) is 29.5 Å². The van der Waals surface area contributed by atoms with E-state index in [1.165, 1.54) is 11.0 Å². The topological polar surface area (TPSA) is 95.5 Å². The predicted octanol–water partition coefficient (Wildman–Crippen LogP) is 1.04. The number of hydrogen-bond donors (Lipinski definition) is 2. The minimum absolute atomic E-state index is 0.0883. The Morgan fingerprint density at radius 2 is 2.16 bits per heavy atom. The van der Waals surface area contributed by atoms with Crippen molar-refractivity contribution in [3.05, 3.63) is 57.8 Å². The molecule has 1 saturated heterocycles. The van der Waals surface area contributed by atoms with Gasteiger partial charge in [0, 0.05) is 12.6 Å². The molecule has 3 rings (SSSR count). The van der Waals surface area contributed by atoms with Crippen LogP contribution in [0.15, 0.2) is 35.1 Å². The van der Waals surface area contributed by atoms with Gasteiger partial charge in [-0.1, -0.05) is 18.2 Å². The number of H-pyrrole nitrogens is 1. The van der Waals surface area contributed by atoms with Crippen LogP contribution in [0.2, 0.25) is 0 Å². The molecule has 7 nitrogen and oxygen atoms in total. The number of aryl methyl sites for hydroxylation is 2. The normalized spacial score (nSPS) is 19.9. The molecule has 1 fully saturated rings. The molecule has 25 heavy (non-hydrogen) atoms. The van der Waals surface area contributed by atoms with Crippen LogP contribution in [0.5, 0.6) is 5.75 Å². The van der Waals surface area contributed by atoms with Gasteiger partial charge < -0.3 is 19.7 Å². The number of hydrogen-bond acceptors (Lipinski definition) is 5. The van der Waals surface area contributed by atoms with Gasteiger partial charge in [0.25, 0.3) is 11.5 Å². The fourth-order valence-electron chi connectivity index (χ4n) is 2.93. The van der Waals surface area contributed by atoms with Gasteiger partial charge in [0.15, 0.2) is 0 Å². The zero-order chi connectivity index (χ0) is 18.0. The van der Waals surface area contributed by atoms with E-state index in [0.29, 0.717) is 24.5 Å². The van der Waals surface area contributed by atoms with Crippen molar-refractivity contribution in [3.63, 3.8) is 0 Å². The standard InChI is InChI=1S/C18H21N3O4/c1-12-5-3-4-6-15(12)25-11-18(24)7-8-21(10-18)17(23)14-9-16(22)20-13(2)19-14/h3-6,9,24H,7-8,10-11H2,1-2H3,(H,19,20,22)/t18-/m1/s1. The summed E-state index contributed by atoms with van der Waals surface area (Å²) in [6.45, 7) is 4.19. The van der Waals surface area contributed by atoms with Gasteiger partial charge in [-0.3, -0.25) is 9.59 Å². The summed E-state index contributed by atoms with van der Waals surface area (Å²) in [4.78, 5) is 32.1. The number of benzene rings is 1. The summed E-state index contributed by atoms with van der Waals surface area (Å²) in [6, 6.07) is 8.75. The molecule has 2 aromatic rings. The number of aromatic nitrogens is 2. The number of β-amino-alcohol motifs (C(OH)–C–C–N with tert-alkyl or cyclic N) is 1. The van der Waals surface area contributed by atoms with Crippen LogP contribution in [0.3, 0.4) is 0 Å².